The van der Waals surface area contributed by atoms with E-state index in [4.69, 9.17) is 5.73 Å². The van der Waals surface area contributed by atoms with Crippen LogP contribution in [0.2, 0.25) is 0 Å². The van der Waals surface area contributed by atoms with Gasteiger partial charge < -0.3 is 15.7 Å². The van der Waals surface area contributed by atoms with Gasteiger partial charge in [0.05, 0.1) is 12.6 Å². The van der Waals surface area contributed by atoms with E-state index in [1.54, 1.807) is 0 Å². The van der Waals surface area contributed by atoms with Gasteiger partial charge in [-0.1, -0.05) is 42.8 Å². The summed E-state index contributed by atoms with van der Waals surface area (Å²) in [5, 5.41) is 10.0. The van der Waals surface area contributed by atoms with Crippen molar-refractivity contribution >= 4 is 11.4 Å². The van der Waals surface area contributed by atoms with Crippen molar-refractivity contribution < 1.29 is 5.11 Å². The Balaban J connectivity index is 2.02. The summed E-state index contributed by atoms with van der Waals surface area (Å²) in [4.78, 5) is 2.36. The van der Waals surface area contributed by atoms with Crippen LogP contribution in [-0.2, 0) is 12.8 Å². The molecule has 0 aromatic heterocycles. The van der Waals surface area contributed by atoms with Gasteiger partial charge in [-0.2, -0.15) is 0 Å². The van der Waals surface area contributed by atoms with Gasteiger partial charge in [0.25, 0.3) is 0 Å². The fraction of sp³-hybridized carbons (Fsp3) is 0.400. The summed E-state index contributed by atoms with van der Waals surface area (Å²) in [5.41, 5.74) is 10.8. The number of anilines is 2. The zero-order valence-electron chi connectivity index (χ0n) is 13.6. The molecule has 0 unspecified atom stereocenters. The first-order chi connectivity index (χ1) is 11.3. The Kier molecular flexibility index (Phi) is 5.31. The SMILES string of the molecule is NCCCC[C@H](CO)N1c2ccccc2CCc2ccccc21. The smallest absolute Gasteiger partial charge is 0.0639 e. The van der Waals surface area contributed by atoms with Gasteiger partial charge in [-0.25, -0.2) is 0 Å². The van der Waals surface area contributed by atoms with Crippen LogP contribution in [0.3, 0.4) is 0 Å². The van der Waals surface area contributed by atoms with Gasteiger partial charge in [-0.15, -0.1) is 0 Å². The number of unbranched alkanes of at least 4 members (excludes halogenated alkanes) is 1. The van der Waals surface area contributed by atoms with E-state index in [0.29, 0.717) is 6.54 Å². The molecule has 1 heterocycles. The lowest BCUT2D eigenvalue weighted by molar-refractivity contribution is 0.257. The summed E-state index contributed by atoms with van der Waals surface area (Å²) in [6.45, 7) is 0.874. The molecule has 3 nitrogen and oxygen atoms in total. The first-order valence-electron chi connectivity index (χ1n) is 8.61. The fourth-order valence-corrected chi connectivity index (χ4v) is 3.53. The third-order valence-electron chi connectivity index (χ3n) is 4.73. The van der Waals surface area contributed by atoms with Crippen molar-refractivity contribution in [3.63, 3.8) is 0 Å². The number of hydrogen-bond acceptors (Lipinski definition) is 3. The van der Waals surface area contributed by atoms with Crippen LogP contribution >= 0.6 is 0 Å². The maximum Gasteiger partial charge on any atom is 0.0639 e. The molecule has 1 aliphatic heterocycles. The molecule has 2 aromatic carbocycles. The molecular formula is C20H26N2O. The van der Waals surface area contributed by atoms with Gasteiger partial charge in [0, 0.05) is 11.4 Å². The van der Waals surface area contributed by atoms with Crippen molar-refractivity contribution in [1.29, 1.82) is 0 Å². The number of nitrogens with zero attached hydrogens (tertiary/aromatic N) is 1. The maximum atomic E-state index is 10.0. The molecule has 122 valence electrons. The van der Waals surface area contributed by atoms with Gasteiger partial charge in [0.15, 0.2) is 0 Å². The summed E-state index contributed by atoms with van der Waals surface area (Å²) in [7, 11) is 0. The quantitative estimate of drug-likeness (QED) is 0.804. The lowest BCUT2D eigenvalue weighted by Crippen LogP contribution is -2.35. The van der Waals surface area contributed by atoms with E-state index in [1.807, 2.05) is 0 Å². The predicted octanol–water partition coefficient (Wildman–Crippen LogP) is 3.41. The average molecular weight is 310 g/mol. The van der Waals surface area contributed by atoms with Crippen molar-refractivity contribution in [1.82, 2.24) is 0 Å². The van der Waals surface area contributed by atoms with Gasteiger partial charge >= 0.3 is 0 Å². The first-order valence-corrected chi connectivity index (χ1v) is 8.61. The van der Waals surface area contributed by atoms with Crippen molar-refractivity contribution in [2.75, 3.05) is 18.1 Å². The summed E-state index contributed by atoms with van der Waals surface area (Å²) >= 11 is 0. The van der Waals surface area contributed by atoms with Crippen molar-refractivity contribution in [2.24, 2.45) is 5.73 Å². The highest BCUT2D eigenvalue weighted by Crippen LogP contribution is 2.38. The van der Waals surface area contributed by atoms with Crippen molar-refractivity contribution in [3.8, 4) is 0 Å². The molecule has 1 aliphatic rings. The zero-order valence-corrected chi connectivity index (χ0v) is 13.6. The monoisotopic (exact) mass is 310 g/mol. The van der Waals surface area contributed by atoms with E-state index < -0.39 is 0 Å². The molecule has 3 heteroatoms. The van der Waals surface area contributed by atoms with Gasteiger partial charge in [-0.05, 0) is 55.5 Å². The first kappa shape index (κ1) is 16.0. The van der Waals surface area contributed by atoms with E-state index in [0.717, 1.165) is 32.1 Å². The number of aryl methyl sites for hydroxylation is 2. The summed E-state index contributed by atoms with van der Waals surface area (Å²) in [6.07, 6.45) is 5.10. The molecule has 2 aromatic rings. The number of rotatable bonds is 6. The van der Waals surface area contributed by atoms with Gasteiger partial charge in [0.1, 0.15) is 0 Å². The minimum Gasteiger partial charge on any atom is -0.394 e. The van der Waals surface area contributed by atoms with Crippen LogP contribution in [0, 0.1) is 0 Å². The largest absolute Gasteiger partial charge is 0.394 e. The van der Waals surface area contributed by atoms with Crippen LogP contribution in [-0.4, -0.2) is 24.3 Å². The lowest BCUT2D eigenvalue weighted by Gasteiger charge is -2.34. The van der Waals surface area contributed by atoms with E-state index in [1.165, 1.54) is 22.5 Å². The Morgan fingerprint density at radius 3 is 2.00 bits per heavy atom. The Morgan fingerprint density at radius 1 is 0.913 bits per heavy atom. The Hall–Kier alpha value is -1.84. The standard InChI is InChI=1S/C20H26N2O/c21-14-6-5-9-18(15-23)22-19-10-3-1-7-16(19)12-13-17-8-2-4-11-20(17)22/h1-4,7-8,10-11,18,23H,5-6,9,12-15,21H2/t18-/m1/s1. The molecular weight excluding hydrogens is 284 g/mol. The molecule has 3 rings (SSSR count). The number of para-hydroxylation sites is 2. The highest BCUT2D eigenvalue weighted by atomic mass is 16.3. The second kappa shape index (κ2) is 7.62. The molecule has 0 amide bonds. The third-order valence-corrected chi connectivity index (χ3v) is 4.73. The van der Waals surface area contributed by atoms with Crippen LogP contribution in [0.4, 0.5) is 11.4 Å². The molecule has 3 N–H and O–H groups in total. The highest BCUT2D eigenvalue weighted by molar-refractivity contribution is 5.71. The zero-order chi connectivity index (χ0) is 16.1. The summed E-state index contributed by atoms with van der Waals surface area (Å²) in [6, 6.07) is 17.3. The summed E-state index contributed by atoms with van der Waals surface area (Å²) in [5.74, 6) is 0. The maximum absolute atomic E-state index is 10.0. The lowest BCUT2D eigenvalue weighted by atomic mass is 10.0. The summed E-state index contributed by atoms with van der Waals surface area (Å²) < 4.78 is 0. The number of aliphatic hydroxyl groups excluding tert-OH is 1. The Morgan fingerprint density at radius 2 is 1.48 bits per heavy atom. The van der Waals surface area contributed by atoms with Crippen LogP contribution in [0.15, 0.2) is 48.5 Å². The third kappa shape index (κ3) is 3.41. The second-order valence-corrected chi connectivity index (χ2v) is 6.25. The molecule has 0 spiro atoms. The highest BCUT2D eigenvalue weighted by Gasteiger charge is 2.26. The van der Waals surface area contributed by atoms with E-state index in [-0.39, 0.29) is 12.6 Å². The van der Waals surface area contributed by atoms with Crippen molar-refractivity contribution in [3.05, 3.63) is 59.7 Å². The Bertz CT molecular complexity index is 594. The number of aliphatic hydroxyl groups is 1. The molecule has 0 radical (unpaired) electrons. The van der Waals surface area contributed by atoms with Crippen LogP contribution in [0.25, 0.3) is 0 Å². The molecule has 0 fully saturated rings. The number of fused-ring (bicyclic) bond motifs is 2. The minimum absolute atomic E-state index is 0.0990. The number of hydrogen-bond donors (Lipinski definition) is 2. The Labute approximate surface area is 138 Å². The second-order valence-electron chi connectivity index (χ2n) is 6.25. The number of nitrogens with two attached hydrogens (primary N) is 1. The van der Waals surface area contributed by atoms with Crippen molar-refractivity contribution in [2.45, 2.75) is 38.1 Å². The molecule has 23 heavy (non-hydrogen) atoms. The van der Waals surface area contributed by atoms with Crippen LogP contribution < -0.4 is 10.6 Å². The van der Waals surface area contributed by atoms with Gasteiger partial charge in [-0.3, -0.25) is 0 Å². The van der Waals surface area contributed by atoms with E-state index >= 15 is 0 Å². The van der Waals surface area contributed by atoms with E-state index in [9.17, 15) is 5.11 Å². The van der Waals surface area contributed by atoms with Crippen LogP contribution in [0.5, 0.6) is 0 Å². The van der Waals surface area contributed by atoms with Gasteiger partial charge in [0.2, 0.25) is 0 Å². The minimum atomic E-state index is 0.0990. The molecule has 1 atom stereocenters. The van der Waals surface area contributed by atoms with Crippen LogP contribution in [0.1, 0.15) is 30.4 Å². The molecule has 0 bridgehead atoms. The molecule has 0 saturated carbocycles. The number of benzene rings is 2. The topological polar surface area (TPSA) is 49.5 Å². The molecule has 0 saturated heterocycles. The average Bonchev–Trinajstić information content (AvgIpc) is 2.76. The normalized spacial score (nSPS) is 14.8. The van der Waals surface area contributed by atoms with E-state index in [2.05, 4.69) is 53.4 Å². The fourth-order valence-electron chi connectivity index (χ4n) is 3.53. The predicted molar refractivity (Wildman–Crippen MR) is 96.2 cm³/mol. The molecule has 0 aliphatic carbocycles.